The molecule has 16 nitrogen and oxygen atoms in total. The second-order valence-electron chi connectivity index (χ2n) is 17.3. The van der Waals surface area contributed by atoms with Gasteiger partial charge in [-0.25, -0.2) is 19.2 Å². The number of aromatic nitrogens is 2. The molecule has 0 spiro atoms. The molecule has 5 aromatic rings. The van der Waals surface area contributed by atoms with Crippen molar-refractivity contribution in [3.05, 3.63) is 121 Å². The number of aryl methyl sites for hydroxylation is 1. The van der Waals surface area contributed by atoms with Gasteiger partial charge in [-0.05, 0) is 103 Å². The molecule has 364 valence electrons. The van der Waals surface area contributed by atoms with Crippen LogP contribution in [0.15, 0.2) is 97.5 Å². The highest BCUT2D eigenvalue weighted by molar-refractivity contribution is 6.07. The molecule has 7 rings (SSSR count). The normalized spacial score (nSPS) is 13.1. The van der Waals surface area contributed by atoms with Gasteiger partial charge in [-0.15, -0.1) is 0 Å². The van der Waals surface area contributed by atoms with Crippen molar-refractivity contribution in [3.8, 4) is 22.3 Å². The highest BCUT2D eigenvalue weighted by Gasteiger charge is 2.25. The van der Waals surface area contributed by atoms with Gasteiger partial charge in [-0.3, -0.25) is 43.4 Å². The van der Waals surface area contributed by atoms with E-state index in [1.54, 1.807) is 54.4 Å². The van der Waals surface area contributed by atoms with Gasteiger partial charge in [0.2, 0.25) is 18.2 Å². The number of carbonyl (C=O) groups is 4. The molecule has 0 radical (unpaired) electrons. The highest BCUT2D eigenvalue weighted by Crippen LogP contribution is 2.36. The maximum atomic E-state index is 16.0. The lowest BCUT2D eigenvalue weighted by molar-refractivity contribution is -0.128. The largest absolute Gasteiger partial charge is 0.387 e. The van der Waals surface area contributed by atoms with Crippen LogP contribution < -0.4 is 27.8 Å². The van der Waals surface area contributed by atoms with Crippen LogP contribution >= 0.6 is 0 Å². The number of hydroxylamine groups is 1. The fraction of sp³-hybridized carbons (Fsp3) is 0.321. The number of hydrogen-bond acceptors (Lipinski definition) is 11. The lowest BCUT2D eigenvalue weighted by Crippen LogP contribution is -2.40. The summed E-state index contributed by atoms with van der Waals surface area (Å²) in [5, 5.41) is 2.82. The van der Waals surface area contributed by atoms with E-state index >= 15 is 4.39 Å². The van der Waals surface area contributed by atoms with E-state index in [0.717, 1.165) is 35.8 Å². The van der Waals surface area contributed by atoms with Crippen LogP contribution in [0.5, 0.6) is 0 Å². The molecule has 4 aromatic carbocycles. The van der Waals surface area contributed by atoms with Crippen molar-refractivity contribution in [1.82, 2.24) is 24.4 Å². The summed E-state index contributed by atoms with van der Waals surface area (Å²) in [4.78, 5) is 96.9. The van der Waals surface area contributed by atoms with Gasteiger partial charge in [0, 0.05) is 73.9 Å². The van der Waals surface area contributed by atoms with E-state index in [-0.39, 0.29) is 60.3 Å². The number of nitrogens with one attached hydrogen (secondary N) is 2. The third-order valence-corrected chi connectivity index (χ3v) is 12.2. The average molecular weight is 952 g/mol. The first kappa shape index (κ1) is 50.1. The number of fused-ring (bicyclic) bond motifs is 3. The SMILES string of the molecule is CCCN(CCC)C(=O)C1=Cc2c(F)cc(-c3ccc4c(=O)n(CCONC5=Nc6cc(-c7ccc(C=O)c(NC=O)c7)ccc6C=C(C(=O)N(CCC)CCC)C5)c(=O)n(C)c4c3)cc2N=C(N)C1. The Morgan fingerprint density at radius 2 is 1.39 bits per heavy atom. The van der Waals surface area contributed by atoms with Crippen molar-refractivity contribution >= 4 is 76.3 Å². The summed E-state index contributed by atoms with van der Waals surface area (Å²) in [6.07, 6.45) is 7.79. The van der Waals surface area contributed by atoms with Crippen LogP contribution in [0.3, 0.4) is 0 Å². The number of nitrogens with zero attached hydrogens (tertiary/aromatic N) is 6. The smallest absolute Gasteiger partial charge is 0.331 e. The maximum absolute atomic E-state index is 16.0. The van der Waals surface area contributed by atoms with Crippen molar-refractivity contribution in [2.75, 3.05) is 38.1 Å². The highest BCUT2D eigenvalue weighted by atomic mass is 19.1. The number of rotatable bonds is 19. The first-order chi connectivity index (χ1) is 33.8. The van der Waals surface area contributed by atoms with Gasteiger partial charge in [0.25, 0.3) is 5.56 Å². The predicted octanol–water partition coefficient (Wildman–Crippen LogP) is 7.67. The molecule has 1 aromatic heterocycles. The van der Waals surface area contributed by atoms with Crippen molar-refractivity contribution < 1.29 is 28.4 Å². The average Bonchev–Trinajstić information content (AvgIpc) is 3.65. The molecule has 0 fully saturated rings. The van der Waals surface area contributed by atoms with Crippen molar-refractivity contribution in [1.29, 1.82) is 0 Å². The lowest BCUT2D eigenvalue weighted by atomic mass is 9.99. The van der Waals surface area contributed by atoms with Crippen LogP contribution in [-0.4, -0.2) is 87.9 Å². The van der Waals surface area contributed by atoms with E-state index in [2.05, 4.69) is 15.8 Å². The minimum Gasteiger partial charge on any atom is -0.387 e. The number of aliphatic imine (C=N–C) groups is 2. The number of aldehydes is 1. The standard InChI is InChI=1S/C53H58FN9O7/c1-6-16-61(17-7-2)50(66)39-22-36-12-10-34(33-11-13-37(31-64)44(25-33)56-32-65)26-45(36)58-49(30-39)59-70-21-20-63-52(68)41-15-14-35(28-47(41)60(5)53(63)69)38-24-43(54)42-23-40(29-48(55)57-46(42)27-38)51(67)62(18-8-3)19-9-4/h10-15,22-28,31-32H,6-9,16-21,29-30H2,1-5H3,(H2,55,57)(H,56,65)(H,58,59). The Morgan fingerprint density at radius 3 is 2.04 bits per heavy atom. The van der Waals surface area contributed by atoms with E-state index in [0.29, 0.717) is 101 Å². The Kier molecular flexibility index (Phi) is 16.1. The summed E-state index contributed by atoms with van der Waals surface area (Å²) >= 11 is 0. The Bertz CT molecular complexity index is 3100. The van der Waals surface area contributed by atoms with Crippen LogP contribution in [0.2, 0.25) is 0 Å². The van der Waals surface area contributed by atoms with Crippen LogP contribution in [-0.2, 0) is 32.8 Å². The first-order valence-corrected chi connectivity index (χ1v) is 23.6. The number of amidine groups is 2. The first-order valence-electron chi connectivity index (χ1n) is 23.6. The quantitative estimate of drug-likeness (QED) is 0.0422. The molecule has 17 heteroatoms. The van der Waals surface area contributed by atoms with Crippen molar-refractivity contribution in [3.63, 3.8) is 0 Å². The molecule has 0 atom stereocenters. The summed E-state index contributed by atoms with van der Waals surface area (Å²) < 4.78 is 18.4. The van der Waals surface area contributed by atoms with Gasteiger partial charge >= 0.3 is 5.69 Å². The summed E-state index contributed by atoms with van der Waals surface area (Å²) in [6, 6.07) is 18.5. The van der Waals surface area contributed by atoms with E-state index < -0.39 is 17.1 Å². The molecule has 2 aliphatic heterocycles. The Morgan fingerprint density at radius 1 is 0.771 bits per heavy atom. The number of halogens is 1. The van der Waals surface area contributed by atoms with E-state index in [9.17, 15) is 28.8 Å². The molecule has 0 saturated heterocycles. The van der Waals surface area contributed by atoms with E-state index in [1.165, 1.54) is 16.7 Å². The van der Waals surface area contributed by atoms with Gasteiger partial charge < -0.3 is 20.9 Å². The zero-order valence-electron chi connectivity index (χ0n) is 40.1. The number of nitrogens with two attached hydrogens (primary N) is 1. The Balaban J connectivity index is 1.13. The van der Waals surface area contributed by atoms with E-state index in [1.807, 2.05) is 56.9 Å². The summed E-state index contributed by atoms with van der Waals surface area (Å²) in [5.74, 6) is -0.454. The maximum Gasteiger partial charge on any atom is 0.331 e. The minimum absolute atomic E-state index is 0.0735. The van der Waals surface area contributed by atoms with Gasteiger partial charge in [0.15, 0.2) is 6.29 Å². The molecule has 0 unspecified atom stereocenters. The van der Waals surface area contributed by atoms with Crippen molar-refractivity contribution in [2.24, 2.45) is 22.8 Å². The predicted molar refractivity (Wildman–Crippen MR) is 273 cm³/mol. The van der Waals surface area contributed by atoms with Gasteiger partial charge in [0.05, 0.1) is 41.1 Å². The molecular formula is C53H58FN9O7. The number of carbonyl (C=O) groups excluding carboxylic acids is 4. The minimum atomic E-state index is -0.602. The van der Waals surface area contributed by atoms with Crippen LogP contribution in [0.25, 0.3) is 45.3 Å². The number of hydrogen-bond donors (Lipinski definition) is 3. The third-order valence-electron chi connectivity index (χ3n) is 12.2. The Labute approximate surface area is 405 Å². The van der Waals surface area contributed by atoms with Crippen LogP contribution in [0.4, 0.5) is 21.5 Å². The monoisotopic (exact) mass is 951 g/mol. The molecule has 0 bridgehead atoms. The zero-order valence-corrected chi connectivity index (χ0v) is 40.1. The summed E-state index contributed by atoms with van der Waals surface area (Å²) in [6.45, 7) is 10.0. The Hall–Kier alpha value is -7.79. The van der Waals surface area contributed by atoms with Crippen LogP contribution in [0, 0.1) is 5.82 Å². The molecule has 0 aliphatic carbocycles. The van der Waals surface area contributed by atoms with Gasteiger partial charge in [-0.2, -0.15) is 0 Å². The fourth-order valence-corrected chi connectivity index (χ4v) is 8.80. The lowest BCUT2D eigenvalue weighted by Gasteiger charge is -2.23. The number of anilines is 1. The number of benzene rings is 4. The fourth-order valence-electron chi connectivity index (χ4n) is 8.80. The molecule has 4 N–H and O–H groups in total. The second kappa shape index (κ2) is 22.5. The summed E-state index contributed by atoms with van der Waals surface area (Å²) in [7, 11) is 1.54. The molecular weight excluding hydrogens is 894 g/mol. The van der Waals surface area contributed by atoms with E-state index in [4.69, 9.17) is 15.6 Å². The molecule has 3 amide bonds. The van der Waals surface area contributed by atoms with Gasteiger partial charge in [-0.1, -0.05) is 52.0 Å². The number of amides is 3. The molecule has 70 heavy (non-hydrogen) atoms. The van der Waals surface area contributed by atoms with Gasteiger partial charge in [0.1, 0.15) is 17.5 Å². The topological polar surface area (TPSA) is 203 Å². The van der Waals surface area contributed by atoms with Crippen LogP contribution in [0.1, 0.15) is 87.7 Å². The summed E-state index contributed by atoms with van der Waals surface area (Å²) in [5.41, 5.74) is 13.9. The molecule has 3 heterocycles. The van der Waals surface area contributed by atoms with Crippen molar-refractivity contribution in [2.45, 2.75) is 72.8 Å². The second-order valence-corrected chi connectivity index (χ2v) is 17.3. The molecule has 2 aliphatic rings. The molecule has 0 saturated carbocycles. The zero-order chi connectivity index (χ0) is 50.1. The third kappa shape index (κ3) is 10.9.